The van der Waals surface area contributed by atoms with Crippen molar-refractivity contribution in [3.05, 3.63) is 52.4 Å². The van der Waals surface area contributed by atoms with Crippen LogP contribution in [0.3, 0.4) is 0 Å². The zero-order valence-electron chi connectivity index (χ0n) is 13.4. The standard InChI is InChI=1S/C18H22BrN3O/c1-2-16-11-17(22-13-21-16)20-12-18(6-8-23-9-7-18)14-4-3-5-15(19)10-14/h3-5,10-11,13H,2,6-9,12H2,1H3,(H,20,21,22). The van der Waals surface area contributed by atoms with Crippen molar-refractivity contribution in [2.24, 2.45) is 0 Å². The van der Waals surface area contributed by atoms with Gasteiger partial charge in [0.25, 0.3) is 0 Å². The molecule has 1 aromatic carbocycles. The molecule has 5 heteroatoms. The van der Waals surface area contributed by atoms with E-state index in [1.54, 1.807) is 6.33 Å². The monoisotopic (exact) mass is 375 g/mol. The third-order valence-corrected chi connectivity index (χ3v) is 5.07. The van der Waals surface area contributed by atoms with Crippen molar-refractivity contribution in [3.63, 3.8) is 0 Å². The summed E-state index contributed by atoms with van der Waals surface area (Å²) in [5, 5.41) is 3.53. The van der Waals surface area contributed by atoms with E-state index in [1.807, 2.05) is 6.07 Å². The fourth-order valence-corrected chi connectivity index (χ4v) is 3.49. The number of halogens is 1. The van der Waals surface area contributed by atoms with Gasteiger partial charge in [-0.05, 0) is 37.0 Å². The molecule has 122 valence electrons. The SMILES string of the molecule is CCc1cc(NCC2(c3cccc(Br)c3)CCOCC2)ncn1. The van der Waals surface area contributed by atoms with Crippen LogP contribution in [0, 0.1) is 0 Å². The minimum Gasteiger partial charge on any atom is -0.381 e. The molecule has 1 aromatic heterocycles. The Morgan fingerprint density at radius 2 is 2.04 bits per heavy atom. The van der Waals surface area contributed by atoms with Crippen molar-refractivity contribution < 1.29 is 4.74 Å². The Labute approximate surface area is 145 Å². The van der Waals surface area contributed by atoms with E-state index in [9.17, 15) is 0 Å². The zero-order chi connectivity index (χ0) is 16.1. The highest BCUT2D eigenvalue weighted by Gasteiger charge is 2.34. The highest BCUT2D eigenvalue weighted by atomic mass is 79.9. The van der Waals surface area contributed by atoms with Gasteiger partial charge in [-0.3, -0.25) is 0 Å². The lowest BCUT2D eigenvalue weighted by molar-refractivity contribution is 0.0543. The van der Waals surface area contributed by atoms with E-state index in [2.05, 4.69) is 62.4 Å². The van der Waals surface area contributed by atoms with Gasteiger partial charge in [0.05, 0.1) is 0 Å². The minimum absolute atomic E-state index is 0.0827. The van der Waals surface area contributed by atoms with Gasteiger partial charge in [0.1, 0.15) is 12.1 Å². The Morgan fingerprint density at radius 3 is 2.78 bits per heavy atom. The molecule has 0 radical (unpaired) electrons. The van der Waals surface area contributed by atoms with Crippen molar-refractivity contribution in [2.45, 2.75) is 31.6 Å². The second kappa shape index (κ2) is 7.41. The molecular formula is C18H22BrN3O. The maximum absolute atomic E-state index is 5.60. The zero-order valence-corrected chi connectivity index (χ0v) is 15.0. The van der Waals surface area contributed by atoms with Gasteiger partial charge in [0.15, 0.2) is 0 Å². The Kier molecular flexibility index (Phi) is 5.28. The van der Waals surface area contributed by atoms with Crippen LogP contribution in [0.2, 0.25) is 0 Å². The molecule has 0 spiro atoms. The average Bonchev–Trinajstić information content (AvgIpc) is 2.61. The average molecular weight is 376 g/mol. The number of nitrogens with zero attached hydrogens (tertiary/aromatic N) is 2. The summed E-state index contributed by atoms with van der Waals surface area (Å²) in [5.74, 6) is 0.901. The highest BCUT2D eigenvalue weighted by Crippen LogP contribution is 2.36. The number of hydrogen-bond donors (Lipinski definition) is 1. The lowest BCUT2D eigenvalue weighted by Crippen LogP contribution is -2.40. The van der Waals surface area contributed by atoms with Crippen LogP contribution in [-0.2, 0) is 16.6 Å². The molecule has 1 fully saturated rings. The number of aryl methyl sites for hydroxylation is 1. The maximum atomic E-state index is 5.60. The predicted octanol–water partition coefficient (Wildman–Crippen LogP) is 3.96. The fraction of sp³-hybridized carbons (Fsp3) is 0.444. The van der Waals surface area contributed by atoms with E-state index in [0.29, 0.717) is 0 Å². The third kappa shape index (κ3) is 3.90. The third-order valence-electron chi connectivity index (χ3n) is 4.58. The maximum Gasteiger partial charge on any atom is 0.129 e. The smallest absolute Gasteiger partial charge is 0.129 e. The van der Waals surface area contributed by atoms with Gasteiger partial charge in [-0.25, -0.2) is 9.97 Å². The second-order valence-corrected chi connectivity index (χ2v) is 6.92. The topological polar surface area (TPSA) is 47.0 Å². The van der Waals surface area contributed by atoms with Crippen molar-refractivity contribution in [1.29, 1.82) is 0 Å². The van der Waals surface area contributed by atoms with Crippen LogP contribution >= 0.6 is 15.9 Å². The number of ether oxygens (including phenoxy) is 1. The fourth-order valence-electron chi connectivity index (χ4n) is 3.10. The molecule has 0 aliphatic carbocycles. The first-order chi connectivity index (χ1) is 11.2. The quantitative estimate of drug-likeness (QED) is 0.858. The van der Waals surface area contributed by atoms with Crippen LogP contribution in [0.5, 0.6) is 0 Å². The largest absolute Gasteiger partial charge is 0.381 e. The molecule has 0 atom stereocenters. The predicted molar refractivity (Wildman–Crippen MR) is 95.8 cm³/mol. The van der Waals surface area contributed by atoms with Gasteiger partial charge in [-0.2, -0.15) is 0 Å². The van der Waals surface area contributed by atoms with E-state index in [4.69, 9.17) is 4.74 Å². The molecule has 1 saturated heterocycles. The van der Waals surface area contributed by atoms with Crippen LogP contribution in [0.1, 0.15) is 31.0 Å². The molecule has 0 amide bonds. The van der Waals surface area contributed by atoms with Crippen molar-refractivity contribution in [3.8, 4) is 0 Å². The molecule has 4 nitrogen and oxygen atoms in total. The van der Waals surface area contributed by atoms with Crippen LogP contribution in [0.4, 0.5) is 5.82 Å². The van der Waals surface area contributed by atoms with Gasteiger partial charge in [0.2, 0.25) is 0 Å². The molecular weight excluding hydrogens is 354 g/mol. The summed E-state index contributed by atoms with van der Waals surface area (Å²) in [6, 6.07) is 10.7. The van der Waals surface area contributed by atoms with E-state index in [0.717, 1.165) is 55.0 Å². The van der Waals surface area contributed by atoms with Crippen LogP contribution in [-0.4, -0.2) is 29.7 Å². The van der Waals surface area contributed by atoms with Gasteiger partial charge >= 0.3 is 0 Å². The van der Waals surface area contributed by atoms with Gasteiger partial charge in [0, 0.05) is 41.4 Å². The summed E-state index contributed by atoms with van der Waals surface area (Å²) in [6.45, 7) is 4.57. The first-order valence-corrected chi connectivity index (χ1v) is 8.90. The van der Waals surface area contributed by atoms with Crippen molar-refractivity contribution in [1.82, 2.24) is 9.97 Å². The van der Waals surface area contributed by atoms with Gasteiger partial charge in [-0.1, -0.05) is 35.0 Å². The molecule has 1 aliphatic rings. The Balaban J connectivity index is 1.82. The summed E-state index contributed by atoms with van der Waals surface area (Å²) in [5.41, 5.74) is 2.50. The lowest BCUT2D eigenvalue weighted by atomic mass is 9.74. The molecule has 23 heavy (non-hydrogen) atoms. The van der Waals surface area contributed by atoms with E-state index < -0.39 is 0 Å². The first kappa shape index (κ1) is 16.4. The number of benzene rings is 1. The van der Waals surface area contributed by atoms with E-state index >= 15 is 0 Å². The van der Waals surface area contributed by atoms with E-state index in [-0.39, 0.29) is 5.41 Å². The van der Waals surface area contributed by atoms with Gasteiger partial charge < -0.3 is 10.1 Å². The normalized spacial score (nSPS) is 17.0. The number of nitrogens with one attached hydrogen (secondary N) is 1. The minimum atomic E-state index is 0.0827. The van der Waals surface area contributed by atoms with E-state index in [1.165, 1.54) is 5.56 Å². The Bertz CT molecular complexity index is 656. The van der Waals surface area contributed by atoms with Crippen LogP contribution in [0.25, 0.3) is 0 Å². The van der Waals surface area contributed by atoms with Crippen molar-refractivity contribution >= 4 is 21.7 Å². The van der Waals surface area contributed by atoms with Crippen LogP contribution in [0.15, 0.2) is 41.1 Å². The molecule has 3 rings (SSSR count). The number of aromatic nitrogens is 2. The highest BCUT2D eigenvalue weighted by molar-refractivity contribution is 9.10. The summed E-state index contributed by atoms with van der Waals surface area (Å²) in [6.07, 6.45) is 4.59. The summed E-state index contributed by atoms with van der Waals surface area (Å²) < 4.78 is 6.72. The molecule has 2 aromatic rings. The second-order valence-electron chi connectivity index (χ2n) is 6.00. The number of anilines is 1. The number of hydrogen-bond acceptors (Lipinski definition) is 4. The first-order valence-electron chi connectivity index (χ1n) is 8.10. The summed E-state index contributed by atoms with van der Waals surface area (Å²) >= 11 is 3.60. The number of rotatable bonds is 5. The van der Waals surface area contributed by atoms with Crippen molar-refractivity contribution in [2.75, 3.05) is 25.1 Å². The molecule has 1 aliphatic heterocycles. The molecule has 2 heterocycles. The summed E-state index contributed by atoms with van der Waals surface area (Å²) in [4.78, 5) is 8.61. The Hall–Kier alpha value is -1.46. The van der Waals surface area contributed by atoms with Crippen LogP contribution < -0.4 is 5.32 Å². The summed E-state index contributed by atoms with van der Waals surface area (Å²) in [7, 11) is 0. The molecule has 0 bridgehead atoms. The van der Waals surface area contributed by atoms with Gasteiger partial charge in [-0.15, -0.1) is 0 Å². The lowest BCUT2D eigenvalue weighted by Gasteiger charge is -2.38. The Morgan fingerprint density at radius 1 is 1.22 bits per heavy atom. The molecule has 0 unspecified atom stereocenters. The molecule has 0 saturated carbocycles. The molecule has 1 N–H and O–H groups in total.